The molecule has 1 spiro atoms. The first-order valence-electron chi connectivity index (χ1n) is 10.9. The van der Waals surface area contributed by atoms with E-state index in [1.165, 1.54) is 38.7 Å². The fraction of sp³-hybridized carbons (Fsp3) is 0.231. The van der Waals surface area contributed by atoms with Gasteiger partial charge in [-0.05, 0) is 18.2 Å². The highest BCUT2D eigenvalue weighted by molar-refractivity contribution is 6.35. The van der Waals surface area contributed by atoms with E-state index < -0.39 is 28.8 Å². The fourth-order valence-corrected chi connectivity index (χ4v) is 4.87. The Kier molecular flexibility index (Phi) is 5.60. The number of carbonyl (C=O) groups is 2. The molecule has 10 heteroatoms. The average molecular weight is 510 g/mol. The molecular formula is C26H20ClNO8. The van der Waals surface area contributed by atoms with Crippen LogP contribution in [-0.4, -0.2) is 42.7 Å². The topological polar surface area (TPSA) is 125 Å². The molecule has 0 amide bonds. The number of fused-ring (bicyclic) bond motifs is 2. The average Bonchev–Trinajstić information content (AvgIpc) is 3.18. The first kappa shape index (κ1) is 23.6. The van der Waals surface area contributed by atoms with Crippen molar-refractivity contribution in [1.82, 2.24) is 0 Å². The van der Waals surface area contributed by atoms with Gasteiger partial charge in [0.25, 0.3) is 0 Å². The maximum absolute atomic E-state index is 13.7. The van der Waals surface area contributed by atoms with Gasteiger partial charge in [0.05, 0.1) is 37.1 Å². The van der Waals surface area contributed by atoms with Crippen molar-refractivity contribution in [2.45, 2.75) is 18.9 Å². The number of hydrogen-bond acceptors (Lipinski definition) is 9. The van der Waals surface area contributed by atoms with Gasteiger partial charge in [-0.15, -0.1) is 0 Å². The SMILES string of the molecule is COc1cc(OC)c2c(c1Cl)OC1(C2=O)C(O)=C(C=Nc2ccc3occc(=O)c3c2)C(=O)CC1C. The van der Waals surface area contributed by atoms with E-state index in [2.05, 4.69) is 4.99 Å². The van der Waals surface area contributed by atoms with Gasteiger partial charge in [-0.3, -0.25) is 19.4 Å². The van der Waals surface area contributed by atoms with Crippen LogP contribution in [0.4, 0.5) is 5.69 Å². The van der Waals surface area contributed by atoms with E-state index in [0.29, 0.717) is 16.7 Å². The van der Waals surface area contributed by atoms with Crippen LogP contribution in [0.1, 0.15) is 23.7 Å². The predicted octanol–water partition coefficient (Wildman–Crippen LogP) is 4.60. The van der Waals surface area contributed by atoms with Crippen LogP contribution in [0.25, 0.3) is 11.0 Å². The van der Waals surface area contributed by atoms with E-state index in [4.69, 9.17) is 30.2 Å². The zero-order valence-corrected chi connectivity index (χ0v) is 20.2. The molecule has 2 unspecified atom stereocenters. The van der Waals surface area contributed by atoms with Gasteiger partial charge >= 0.3 is 0 Å². The molecule has 3 aromatic rings. The zero-order chi connectivity index (χ0) is 25.8. The Morgan fingerprint density at radius 1 is 1.14 bits per heavy atom. The number of ketones is 2. The number of hydrogen-bond donors (Lipinski definition) is 1. The lowest BCUT2D eigenvalue weighted by molar-refractivity contribution is -0.118. The van der Waals surface area contributed by atoms with E-state index in [1.807, 2.05) is 0 Å². The summed E-state index contributed by atoms with van der Waals surface area (Å²) in [5.74, 6) is -1.92. The standard InChI is InChI=1S/C26H20ClNO8/c1-12-8-17(30)15(11-28-13-4-5-18-14(9-13)16(29)6-7-35-18)24(31)26(12)25(32)21-19(33-2)10-20(34-3)22(27)23(21)36-26/h4-7,9-12,31H,8H2,1-3H3. The molecular weight excluding hydrogens is 490 g/mol. The molecule has 36 heavy (non-hydrogen) atoms. The highest BCUT2D eigenvalue weighted by atomic mass is 35.5. The number of allylic oxidation sites excluding steroid dienone is 1. The predicted molar refractivity (Wildman–Crippen MR) is 131 cm³/mol. The van der Waals surface area contributed by atoms with E-state index in [1.54, 1.807) is 19.1 Å². The third-order valence-electron chi connectivity index (χ3n) is 6.50. The van der Waals surface area contributed by atoms with Crippen molar-refractivity contribution in [3.63, 3.8) is 0 Å². The molecule has 9 nitrogen and oxygen atoms in total. The molecule has 2 heterocycles. The quantitative estimate of drug-likeness (QED) is 0.506. The normalized spacial score (nSPS) is 21.4. The van der Waals surface area contributed by atoms with E-state index >= 15 is 0 Å². The molecule has 2 atom stereocenters. The lowest BCUT2D eigenvalue weighted by Gasteiger charge is -2.36. The summed E-state index contributed by atoms with van der Waals surface area (Å²) in [6.07, 6.45) is 2.37. The maximum atomic E-state index is 13.7. The summed E-state index contributed by atoms with van der Waals surface area (Å²) in [5, 5.41) is 11.7. The lowest BCUT2D eigenvalue weighted by atomic mass is 9.73. The second-order valence-corrected chi connectivity index (χ2v) is 8.86. The number of ether oxygens (including phenoxy) is 3. The lowest BCUT2D eigenvalue weighted by Crippen LogP contribution is -2.52. The van der Waals surface area contributed by atoms with Crippen molar-refractivity contribution >= 4 is 46.0 Å². The Hall–Kier alpha value is -4.11. The number of aliphatic imine (C=N–C) groups is 1. The van der Waals surface area contributed by atoms with E-state index in [0.717, 1.165) is 6.21 Å². The van der Waals surface area contributed by atoms with Crippen LogP contribution in [0.3, 0.4) is 0 Å². The number of Topliss-reactive ketones (excluding diaryl/α,β-unsaturated/α-hetero) is 2. The Morgan fingerprint density at radius 2 is 1.89 bits per heavy atom. The minimum atomic E-state index is -1.90. The van der Waals surface area contributed by atoms with Crippen molar-refractivity contribution < 1.29 is 33.3 Å². The molecule has 1 aromatic heterocycles. The maximum Gasteiger partial charge on any atom is 0.231 e. The Bertz CT molecular complexity index is 1570. The molecule has 0 saturated heterocycles. The fourth-order valence-electron chi connectivity index (χ4n) is 4.60. The number of benzene rings is 2. The Balaban J connectivity index is 1.62. The second kappa shape index (κ2) is 8.53. The minimum absolute atomic E-state index is 0.00292. The van der Waals surface area contributed by atoms with Gasteiger partial charge in [0.15, 0.2) is 22.7 Å². The van der Waals surface area contributed by atoms with Crippen LogP contribution in [0.15, 0.2) is 62.1 Å². The van der Waals surface area contributed by atoms with Gasteiger partial charge in [-0.1, -0.05) is 18.5 Å². The Labute approximate surface area is 209 Å². The highest BCUT2D eigenvalue weighted by Gasteiger charge is 2.60. The summed E-state index contributed by atoms with van der Waals surface area (Å²) < 4.78 is 22.0. The van der Waals surface area contributed by atoms with Gasteiger partial charge < -0.3 is 23.7 Å². The molecule has 184 valence electrons. The molecule has 2 aliphatic rings. The molecule has 1 aliphatic heterocycles. The van der Waals surface area contributed by atoms with Crippen LogP contribution >= 0.6 is 11.6 Å². The van der Waals surface area contributed by atoms with Gasteiger partial charge in [0.1, 0.15) is 27.7 Å². The van der Waals surface area contributed by atoms with E-state index in [-0.39, 0.29) is 45.3 Å². The van der Waals surface area contributed by atoms with Crippen molar-refractivity contribution in [3.8, 4) is 17.2 Å². The third-order valence-corrected chi connectivity index (χ3v) is 6.86. The number of carbonyl (C=O) groups excluding carboxylic acids is 2. The van der Waals surface area contributed by atoms with Crippen LogP contribution in [0.5, 0.6) is 17.2 Å². The van der Waals surface area contributed by atoms with Crippen molar-refractivity contribution in [1.29, 1.82) is 0 Å². The number of methoxy groups -OCH3 is 2. The van der Waals surface area contributed by atoms with E-state index in [9.17, 15) is 19.5 Å². The summed E-state index contributed by atoms with van der Waals surface area (Å²) >= 11 is 6.43. The van der Waals surface area contributed by atoms with Crippen molar-refractivity contribution in [2.75, 3.05) is 14.2 Å². The number of rotatable bonds is 4. The number of nitrogens with zero attached hydrogens (tertiary/aromatic N) is 1. The molecule has 0 radical (unpaired) electrons. The second-order valence-electron chi connectivity index (χ2n) is 8.48. The molecule has 5 rings (SSSR count). The zero-order valence-electron chi connectivity index (χ0n) is 19.5. The molecule has 0 fully saturated rings. The van der Waals surface area contributed by atoms with Gasteiger partial charge in [0, 0.05) is 30.7 Å². The summed E-state index contributed by atoms with van der Waals surface area (Å²) in [4.78, 5) is 43.0. The van der Waals surface area contributed by atoms with Gasteiger partial charge in [-0.2, -0.15) is 0 Å². The first-order valence-corrected chi connectivity index (χ1v) is 11.3. The largest absolute Gasteiger partial charge is 0.507 e. The molecule has 1 N–H and O–H groups in total. The monoisotopic (exact) mass is 509 g/mol. The van der Waals surface area contributed by atoms with Crippen LogP contribution in [0.2, 0.25) is 5.02 Å². The van der Waals surface area contributed by atoms with Crippen LogP contribution < -0.4 is 19.6 Å². The number of aliphatic hydroxyl groups is 1. The summed E-state index contributed by atoms with van der Waals surface area (Å²) in [7, 11) is 2.79. The van der Waals surface area contributed by atoms with Gasteiger partial charge in [0.2, 0.25) is 11.4 Å². The summed E-state index contributed by atoms with van der Waals surface area (Å²) in [6.45, 7) is 1.63. The smallest absolute Gasteiger partial charge is 0.231 e. The van der Waals surface area contributed by atoms with Gasteiger partial charge in [-0.25, -0.2) is 0 Å². The molecule has 0 bridgehead atoms. The van der Waals surface area contributed by atoms with Crippen molar-refractivity contribution in [3.05, 3.63) is 68.7 Å². The summed E-state index contributed by atoms with van der Waals surface area (Å²) in [5.41, 5.74) is -1.55. The van der Waals surface area contributed by atoms with Crippen LogP contribution in [0, 0.1) is 5.92 Å². The number of halogens is 1. The minimum Gasteiger partial charge on any atom is -0.507 e. The highest BCUT2D eigenvalue weighted by Crippen LogP contribution is 2.54. The third kappa shape index (κ3) is 3.30. The molecule has 0 saturated carbocycles. The summed E-state index contributed by atoms with van der Waals surface area (Å²) in [6, 6.07) is 7.42. The molecule has 2 aromatic carbocycles. The first-order chi connectivity index (χ1) is 17.2. The van der Waals surface area contributed by atoms with Crippen molar-refractivity contribution in [2.24, 2.45) is 10.9 Å². The molecule has 1 aliphatic carbocycles. The van der Waals surface area contributed by atoms with Crippen LogP contribution in [-0.2, 0) is 4.79 Å². The Morgan fingerprint density at radius 3 is 2.61 bits per heavy atom. The number of aliphatic hydroxyl groups excluding tert-OH is 1.